The SMILES string of the molecule is CCc1cccc(C)c1NC(=O)CC1c2ccccc2C=CN1C(C)=O. The molecule has 134 valence electrons. The van der Waals surface area contributed by atoms with Crippen molar-refractivity contribution in [1.82, 2.24) is 4.90 Å². The average molecular weight is 348 g/mol. The van der Waals surface area contributed by atoms with Gasteiger partial charge in [-0.05, 0) is 41.7 Å². The van der Waals surface area contributed by atoms with Gasteiger partial charge in [0, 0.05) is 18.8 Å². The zero-order chi connectivity index (χ0) is 18.7. The van der Waals surface area contributed by atoms with Crippen LogP contribution >= 0.6 is 0 Å². The molecule has 0 bridgehead atoms. The van der Waals surface area contributed by atoms with Gasteiger partial charge in [0.05, 0.1) is 12.5 Å². The van der Waals surface area contributed by atoms with E-state index >= 15 is 0 Å². The predicted octanol–water partition coefficient (Wildman–Crippen LogP) is 4.46. The molecule has 4 heteroatoms. The summed E-state index contributed by atoms with van der Waals surface area (Å²) in [5, 5.41) is 3.07. The first-order chi connectivity index (χ1) is 12.5. The van der Waals surface area contributed by atoms with Gasteiger partial charge >= 0.3 is 0 Å². The fourth-order valence-corrected chi connectivity index (χ4v) is 3.48. The molecule has 26 heavy (non-hydrogen) atoms. The molecule has 2 amide bonds. The maximum atomic E-state index is 12.8. The van der Waals surface area contributed by atoms with Crippen LogP contribution in [0.2, 0.25) is 0 Å². The van der Waals surface area contributed by atoms with E-state index in [1.54, 1.807) is 11.1 Å². The number of nitrogens with zero attached hydrogens (tertiary/aromatic N) is 1. The third-order valence-electron chi connectivity index (χ3n) is 4.85. The Kier molecular flexibility index (Phi) is 5.21. The van der Waals surface area contributed by atoms with Gasteiger partial charge in [0.15, 0.2) is 0 Å². The second kappa shape index (κ2) is 7.56. The Balaban J connectivity index is 1.86. The molecule has 0 radical (unpaired) electrons. The molecule has 1 unspecified atom stereocenters. The van der Waals surface area contributed by atoms with Crippen LogP contribution in [0.15, 0.2) is 48.7 Å². The molecule has 1 atom stereocenters. The van der Waals surface area contributed by atoms with E-state index in [9.17, 15) is 9.59 Å². The molecule has 2 aromatic rings. The lowest BCUT2D eigenvalue weighted by molar-refractivity contribution is -0.129. The van der Waals surface area contributed by atoms with E-state index in [0.29, 0.717) is 0 Å². The molecule has 1 aliphatic heterocycles. The lowest BCUT2D eigenvalue weighted by Gasteiger charge is -2.32. The van der Waals surface area contributed by atoms with E-state index in [1.165, 1.54) is 6.92 Å². The van der Waals surface area contributed by atoms with Crippen LogP contribution in [-0.4, -0.2) is 16.7 Å². The molecule has 4 nitrogen and oxygen atoms in total. The molecule has 0 aromatic heterocycles. The Bertz CT molecular complexity index is 870. The number of carbonyl (C=O) groups is 2. The first kappa shape index (κ1) is 17.9. The van der Waals surface area contributed by atoms with Crippen LogP contribution in [0.3, 0.4) is 0 Å². The van der Waals surface area contributed by atoms with Gasteiger partial charge in [-0.2, -0.15) is 0 Å². The predicted molar refractivity (Wildman–Crippen MR) is 105 cm³/mol. The fourth-order valence-electron chi connectivity index (χ4n) is 3.48. The van der Waals surface area contributed by atoms with Gasteiger partial charge in [-0.25, -0.2) is 0 Å². The minimum absolute atomic E-state index is 0.0707. The molecular formula is C22H24N2O2. The maximum Gasteiger partial charge on any atom is 0.226 e. The minimum Gasteiger partial charge on any atom is -0.326 e. The molecule has 1 N–H and O–H groups in total. The normalized spacial score (nSPS) is 15.5. The number of benzene rings is 2. The van der Waals surface area contributed by atoms with E-state index in [2.05, 4.69) is 12.2 Å². The first-order valence-electron chi connectivity index (χ1n) is 8.95. The summed E-state index contributed by atoms with van der Waals surface area (Å²) < 4.78 is 0. The standard InChI is InChI=1S/C22H24N2O2/c1-4-17-10-7-8-15(2)22(17)23-21(26)14-20-19-11-6-5-9-18(19)12-13-24(20)16(3)25/h5-13,20H,4,14H2,1-3H3,(H,23,26). The van der Waals surface area contributed by atoms with Crippen molar-refractivity contribution in [2.75, 3.05) is 5.32 Å². The van der Waals surface area contributed by atoms with E-state index in [4.69, 9.17) is 0 Å². The molecule has 3 rings (SSSR count). The molecular weight excluding hydrogens is 324 g/mol. The van der Waals surface area contributed by atoms with Gasteiger partial charge in [-0.15, -0.1) is 0 Å². The lowest BCUT2D eigenvalue weighted by atomic mass is 9.93. The zero-order valence-electron chi connectivity index (χ0n) is 15.5. The summed E-state index contributed by atoms with van der Waals surface area (Å²) >= 11 is 0. The fraction of sp³-hybridized carbons (Fsp3) is 0.273. The average Bonchev–Trinajstić information content (AvgIpc) is 2.63. The van der Waals surface area contributed by atoms with Gasteiger partial charge in [0.25, 0.3) is 0 Å². The molecule has 2 aromatic carbocycles. The minimum atomic E-state index is -0.289. The van der Waals surface area contributed by atoms with Crippen LogP contribution in [0.5, 0.6) is 0 Å². The van der Waals surface area contributed by atoms with Gasteiger partial charge in [-0.3, -0.25) is 9.59 Å². The Morgan fingerprint density at radius 2 is 1.88 bits per heavy atom. The summed E-state index contributed by atoms with van der Waals surface area (Å²) in [6.07, 6.45) is 4.76. The van der Waals surface area contributed by atoms with Gasteiger partial charge in [-0.1, -0.05) is 49.4 Å². The first-order valence-corrected chi connectivity index (χ1v) is 8.95. The van der Waals surface area contributed by atoms with Gasteiger partial charge in [0.2, 0.25) is 11.8 Å². The second-order valence-corrected chi connectivity index (χ2v) is 6.60. The third-order valence-corrected chi connectivity index (χ3v) is 4.85. The number of amides is 2. The van der Waals surface area contributed by atoms with Crippen molar-refractivity contribution < 1.29 is 9.59 Å². The smallest absolute Gasteiger partial charge is 0.226 e. The van der Waals surface area contributed by atoms with Crippen molar-refractivity contribution in [3.05, 3.63) is 70.9 Å². The highest BCUT2D eigenvalue weighted by Crippen LogP contribution is 2.33. The van der Waals surface area contributed by atoms with E-state index < -0.39 is 0 Å². The highest BCUT2D eigenvalue weighted by atomic mass is 16.2. The highest BCUT2D eigenvalue weighted by Gasteiger charge is 2.28. The number of carbonyl (C=O) groups excluding carboxylic acids is 2. The Hall–Kier alpha value is -2.88. The van der Waals surface area contributed by atoms with Crippen molar-refractivity contribution in [2.45, 2.75) is 39.7 Å². The number of anilines is 1. The monoisotopic (exact) mass is 348 g/mol. The Morgan fingerprint density at radius 3 is 2.62 bits per heavy atom. The van der Waals surface area contributed by atoms with Crippen LogP contribution in [-0.2, 0) is 16.0 Å². The lowest BCUT2D eigenvalue weighted by Crippen LogP contribution is -2.33. The molecule has 0 aliphatic carbocycles. The number of hydrogen-bond acceptors (Lipinski definition) is 2. The number of hydrogen-bond donors (Lipinski definition) is 1. The highest BCUT2D eigenvalue weighted by molar-refractivity contribution is 5.93. The Labute approximate surface area is 154 Å². The number of rotatable bonds is 4. The van der Waals surface area contributed by atoms with Crippen molar-refractivity contribution in [2.24, 2.45) is 0 Å². The van der Waals surface area contributed by atoms with Gasteiger partial charge < -0.3 is 10.2 Å². The molecule has 0 saturated carbocycles. The van der Waals surface area contributed by atoms with E-state index in [0.717, 1.165) is 34.4 Å². The summed E-state index contributed by atoms with van der Waals surface area (Å²) in [4.78, 5) is 26.5. The number of fused-ring (bicyclic) bond motifs is 1. The van der Waals surface area contributed by atoms with Crippen LogP contribution in [0.25, 0.3) is 6.08 Å². The van der Waals surface area contributed by atoms with E-state index in [-0.39, 0.29) is 24.3 Å². The second-order valence-electron chi connectivity index (χ2n) is 6.60. The van der Waals surface area contributed by atoms with Crippen molar-refractivity contribution in [3.8, 4) is 0 Å². The summed E-state index contributed by atoms with van der Waals surface area (Å²) in [6, 6.07) is 13.6. The van der Waals surface area contributed by atoms with Crippen LogP contribution in [0.4, 0.5) is 5.69 Å². The van der Waals surface area contributed by atoms with E-state index in [1.807, 2.05) is 55.5 Å². The molecule has 1 aliphatic rings. The van der Waals surface area contributed by atoms with Crippen molar-refractivity contribution >= 4 is 23.6 Å². The number of para-hydroxylation sites is 1. The largest absolute Gasteiger partial charge is 0.326 e. The Morgan fingerprint density at radius 1 is 1.12 bits per heavy atom. The number of aryl methyl sites for hydroxylation is 2. The summed E-state index contributed by atoms with van der Waals surface area (Å²) in [5.74, 6) is -0.158. The van der Waals surface area contributed by atoms with Crippen LogP contribution in [0, 0.1) is 6.92 Å². The van der Waals surface area contributed by atoms with Gasteiger partial charge in [0.1, 0.15) is 0 Å². The molecule has 0 saturated heterocycles. The molecule has 0 spiro atoms. The van der Waals surface area contributed by atoms with Crippen molar-refractivity contribution in [3.63, 3.8) is 0 Å². The topological polar surface area (TPSA) is 49.4 Å². The summed E-state index contributed by atoms with van der Waals surface area (Å²) in [7, 11) is 0. The zero-order valence-corrected chi connectivity index (χ0v) is 15.5. The summed E-state index contributed by atoms with van der Waals surface area (Å²) in [6.45, 7) is 5.60. The van der Waals surface area contributed by atoms with Crippen LogP contribution in [0.1, 0.15) is 48.6 Å². The van der Waals surface area contributed by atoms with Crippen LogP contribution < -0.4 is 5.32 Å². The quantitative estimate of drug-likeness (QED) is 0.887. The maximum absolute atomic E-state index is 12.8. The molecule has 0 fully saturated rings. The number of nitrogens with one attached hydrogen (secondary N) is 1. The summed E-state index contributed by atoms with van der Waals surface area (Å²) in [5.41, 5.74) is 5.10. The molecule has 1 heterocycles. The third kappa shape index (κ3) is 3.54. The van der Waals surface area contributed by atoms with Crippen molar-refractivity contribution in [1.29, 1.82) is 0 Å².